The van der Waals surface area contributed by atoms with E-state index in [1.165, 1.54) is 12.2 Å². The molecule has 4 aromatic rings. The molecule has 0 aromatic heterocycles. The minimum atomic E-state index is -2.26. The molecule has 4 aromatic carbocycles. The molecule has 5 heterocycles. The Morgan fingerprint density at radius 2 is 0.692 bits per heavy atom. The summed E-state index contributed by atoms with van der Waals surface area (Å²) in [5.41, 5.74) is 8.47. The first-order valence-corrected chi connectivity index (χ1v) is 21.1. The van der Waals surface area contributed by atoms with E-state index in [2.05, 4.69) is 44.0 Å². The average molecular weight is 865 g/mol. The summed E-state index contributed by atoms with van der Waals surface area (Å²) in [6.45, 7) is 16.1. The molecule has 65 heavy (non-hydrogen) atoms. The van der Waals surface area contributed by atoms with Gasteiger partial charge in [0, 0.05) is 27.7 Å². The zero-order valence-electron chi connectivity index (χ0n) is 35.7. The van der Waals surface area contributed by atoms with Crippen LogP contribution in [-0.4, -0.2) is 22.8 Å². The molecule has 9 rings (SSSR count). The third-order valence-electron chi connectivity index (χ3n) is 12.1. The van der Waals surface area contributed by atoms with E-state index in [-0.39, 0.29) is 22.4 Å². The molecule has 0 saturated carbocycles. The highest BCUT2D eigenvalue weighted by atomic mass is 19.2. The smallest absolute Gasteiger partial charge is 0.200 e. The fraction of sp³-hybridized carbons (Fsp3) is 0.107. The van der Waals surface area contributed by atoms with Crippen LogP contribution >= 0.6 is 0 Å². The third-order valence-corrected chi connectivity index (χ3v) is 12.1. The van der Waals surface area contributed by atoms with Crippen LogP contribution in [0.15, 0.2) is 202 Å². The van der Waals surface area contributed by atoms with E-state index >= 15 is 17.6 Å². The first-order chi connectivity index (χ1) is 31.4. The van der Waals surface area contributed by atoms with Crippen molar-refractivity contribution in [3.63, 3.8) is 0 Å². The third kappa shape index (κ3) is 7.56. The highest BCUT2D eigenvalue weighted by Crippen LogP contribution is 2.42. The summed E-state index contributed by atoms with van der Waals surface area (Å²) >= 11 is 0. The molecule has 5 aliphatic rings. The molecule has 320 valence electrons. The number of benzene rings is 4. The van der Waals surface area contributed by atoms with Gasteiger partial charge in [-0.15, -0.1) is 19.7 Å². The van der Waals surface area contributed by atoms with Crippen LogP contribution < -0.4 is 0 Å². The average Bonchev–Trinajstić information content (AvgIpc) is 4.16. The van der Waals surface area contributed by atoms with Crippen LogP contribution in [0.2, 0.25) is 0 Å². The zero-order chi connectivity index (χ0) is 45.6. The van der Waals surface area contributed by atoms with Crippen LogP contribution in [0.5, 0.6) is 0 Å². The molecule has 4 nitrogen and oxygen atoms in total. The van der Waals surface area contributed by atoms with Gasteiger partial charge in [-0.1, -0.05) is 102 Å². The van der Waals surface area contributed by atoms with Crippen molar-refractivity contribution in [2.24, 2.45) is 20.0 Å². The van der Waals surface area contributed by atoms with Crippen molar-refractivity contribution >= 4 is 45.1 Å². The number of aliphatic imine (C=N–C) groups is 4. The lowest BCUT2D eigenvalue weighted by Gasteiger charge is -2.32. The van der Waals surface area contributed by atoms with Gasteiger partial charge in [0.05, 0.1) is 51.2 Å². The van der Waals surface area contributed by atoms with Crippen molar-refractivity contribution in [2.75, 3.05) is 0 Å². The topological polar surface area (TPSA) is 49.4 Å². The molecule has 0 aliphatic carbocycles. The molecule has 0 atom stereocenters. The van der Waals surface area contributed by atoms with Gasteiger partial charge in [0.25, 0.3) is 0 Å². The maximum Gasteiger partial charge on any atom is 0.200 e. The molecule has 8 bridgehead atoms. The summed E-state index contributed by atoms with van der Waals surface area (Å²) < 4.78 is 76.6. The molecule has 0 N–H and O–H groups in total. The molecular weight excluding hydrogens is 824 g/mol. The Labute approximate surface area is 374 Å². The van der Waals surface area contributed by atoms with Crippen LogP contribution in [0.25, 0.3) is 22.3 Å². The molecule has 0 fully saturated rings. The largest absolute Gasteiger partial charge is 0.248 e. The zero-order valence-corrected chi connectivity index (χ0v) is 35.7. The van der Waals surface area contributed by atoms with Crippen molar-refractivity contribution in [2.45, 2.75) is 38.5 Å². The molecule has 0 spiro atoms. The fourth-order valence-corrected chi connectivity index (χ4v) is 8.92. The number of fused-ring (bicyclic) bond motifs is 4. The van der Waals surface area contributed by atoms with Crippen molar-refractivity contribution in [3.05, 3.63) is 250 Å². The minimum Gasteiger partial charge on any atom is -0.248 e. The predicted octanol–water partition coefficient (Wildman–Crippen LogP) is 14.0. The standard InChI is InChI=1S/C56H41F5N4/c1-6-29-56(30-7-2,31-8-3)37-19-17-36(18-20-37)48-40-23-21-38(62-40)46(34-13-9-32(4)10-14-34)42-25-27-44(64-42)49(50-51(57)53(59)55(61)54(60)52(50)58)45-28-26-43(65-45)47(39-22-24-41(48)63-39)35-15-11-33(5)12-16-35/h6-28H,1-3,29-31H2,4-5H3. The Balaban J connectivity index is 1.35. The number of hydrogen-bond donors (Lipinski definition) is 0. The normalized spacial score (nSPS) is 16.5. The van der Waals surface area contributed by atoms with Gasteiger partial charge in [-0.2, -0.15) is 0 Å². The monoisotopic (exact) mass is 864 g/mol. The second kappa shape index (κ2) is 17.1. The minimum absolute atomic E-state index is 0.0604. The van der Waals surface area contributed by atoms with E-state index in [9.17, 15) is 4.39 Å². The molecule has 9 heteroatoms. The number of halogens is 5. The Kier molecular flexibility index (Phi) is 11.2. The Bertz CT molecular complexity index is 3040. The van der Waals surface area contributed by atoms with Crippen LogP contribution in [-0.2, 0) is 5.41 Å². The second-order valence-corrected chi connectivity index (χ2v) is 16.4. The van der Waals surface area contributed by atoms with E-state index in [0.29, 0.717) is 45.4 Å². The number of rotatable bonds is 11. The van der Waals surface area contributed by atoms with Gasteiger partial charge >= 0.3 is 0 Å². The van der Waals surface area contributed by atoms with E-state index in [4.69, 9.17) is 20.0 Å². The summed E-state index contributed by atoms with van der Waals surface area (Å²) in [5, 5.41) is 0. The molecule has 0 saturated heterocycles. The molecule has 0 unspecified atom stereocenters. The predicted molar refractivity (Wildman–Crippen MR) is 255 cm³/mol. The number of aryl methyl sites for hydroxylation is 2. The van der Waals surface area contributed by atoms with E-state index in [1.54, 1.807) is 12.2 Å². The van der Waals surface area contributed by atoms with Gasteiger partial charge in [0.1, 0.15) is 0 Å². The van der Waals surface area contributed by atoms with Crippen LogP contribution in [0, 0.1) is 42.9 Å². The van der Waals surface area contributed by atoms with E-state index < -0.39 is 34.6 Å². The van der Waals surface area contributed by atoms with Crippen LogP contribution in [0.4, 0.5) is 22.0 Å². The van der Waals surface area contributed by atoms with Gasteiger partial charge in [0.15, 0.2) is 23.3 Å². The summed E-state index contributed by atoms with van der Waals surface area (Å²) in [5.74, 6) is -10.4. The van der Waals surface area contributed by atoms with Crippen molar-refractivity contribution in [1.29, 1.82) is 0 Å². The SMILES string of the molecule is C=CCC(CC=C)(CC=C)c1ccc(C2=C3C=CC(=N3)C(c3ccc(C)cc3)=C3C=CC(=N3)C(c3c(F)c(F)c(F)c(F)c3F)=C3C=CC(=N3)C(c3ccc(C)cc3)=C3C=CC2=N3)cc1. The van der Waals surface area contributed by atoms with Gasteiger partial charge in [0.2, 0.25) is 5.82 Å². The first kappa shape index (κ1) is 42.6. The van der Waals surface area contributed by atoms with Gasteiger partial charge in [-0.25, -0.2) is 41.9 Å². The fourth-order valence-electron chi connectivity index (χ4n) is 8.92. The van der Waals surface area contributed by atoms with Gasteiger partial charge in [-0.3, -0.25) is 0 Å². The first-order valence-electron chi connectivity index (χ1n) is 21.1. The summed E-state index contributed by atoms with van der Waals surface area (Å²) in [7, 11) is 0. The lowest BCUT2D eigenvalue weighted by Crippen LogP contribution is -2.24. The van der Waals surface area contributed by atoms with Crippen LogP contribution in [0.1, 0.15) is 58.2 Å². The highest BCUT2D eigenvalue weighted by molar-refractivity contribution is 6.39. The lowest BCUT2D eigenvalue weighted by atomic mass is 9.72. The van der Waals surface area contributed by atoms with Crippen molar-refractivity contribution in [1.82, 2.24) is 0 Å². The number of hydrogen-bond acceptors (Lipinski definition) is 4. The Hall–Kier alpha value is -7.65. The molecule has 5 aliphatic heterocycles. The molecular formula is C56H41F5N4. The number of nitrogens with zero attached hydrogens (tertiary/aromatic N) is 4. The van der Waals surface area contributed by atoms with Crippen LogP contribution in [0.3, 0.4) is 0 Å². The maximum atomic E-state index is 16.0. The number of allylic oxidation sites excluding steroid dienone is 15. The Morgan fingerprint density at radius 1 is 0.400 bits per heavy atom. The second-order valence-electron chi connectivity index (χ2n) is 16.4. The quantitative estimate of drug-likeness (QED) is 0.0624. The van der Waals surface area contributed by atoms with E-state index in [0.717, 1.165) is 58.2 Å². The summed E-state index contributed by atoms with van der Waals surface area (Å²) in [6, 6.07) is 23.9. The molecule has 0 amide bonds. The van der Waals surface area contributed by atoms with Crippen molar-refractivity contribution in [3.8, 4) is 0 Å². The summed E-state index contributed by atoms with van der Waals surface area (Å²) in [6.07, 6.45) is 21.8. The maximum absolute atomic E-state index is 16.0. The Morgan fingerprint density at radius 3 is 1.03 bits per heavy atom. The lowest BCUT2D eigenvalue weighted by molar-refractivity contribution is 0.376. The van der Waals surface area contributed by atoms with Gasteiger partial charge < -0.3 is 0 Å². The highest BCUT2D eigenvalue weighted by Gasteiger charge is 2.34. The van der Waals surface area contributed by atoms with Gasteiger partial charge in [-0.05, 0) is 104 Å². The van der Waals surface area contributed by atoms with E-state index in [1.807, 2.05) is 105 Å². The summed E-state index contributed by atoms with van der Waals surface area (Å²) in [4.78, 5) is 20.3. The molecule has 0 radical (unpaired) electrons. The van der Waals surface area contributed by atoms with Crippen molar-refractivity contribution < 1.29 is 22.0 Å².